The highest BCUT2D eigenvalue weighted by Crippen LogP contribution is 2.16. The standard InChI is InChI=1S/C16H25N3O3S/c1-3-14(2)17-16(20)13-18-9-11-19(12-10-18)23(21,22)15-7-5-4-6-8-15/h4-8,14H,3,9-13H2,1-2H3,(H,17,20)/t14-/m1/s1. The van der Waals surface area contributed by atoms with Gasteiger partial charge in [-0.05, 0) is 25.5 Å². The van der Waals surface area contributed by atoms with Crippen LogP contribution in [0.3, 0.4) is 0 Å². The van der Waals surface area contributed by atoms with E-state index in [9.17, 15) is 13.2 Å². The van der Waals surface area contributed by atoms with Crippen LogP contribution in [0.15, 0.2) is 35.2 Å². The average Bonchev–Trinajstić information content (AvgIpc) is 2.56. The Morgan fingerprint density at radius 2 is 1.78 bits per heavy atom. The van der Waals surface area contributed by atoms with E-state index in [1.165, 1.54) is 4.31 Å². The monoisotopic (exact) mass is 339 g/mol. The minimum absolute atomic E-state index is 0.00119. The number of benzene rings is 1. The third-order valence-corrected chi connectivity index (χ3v) is 6.01. The third-order valence-electron chi connectivity index (χ3n) is 4.10. The second-order valence-corrected chi connectivity index (χ2v) is 7.81. The Labute approximate surface area is 138 Å². The van der Waals surface area contributed by atoms with Crippen LogP contribution in [0, 0.1) is 0 Å². The Bertz CT molecular complexity index is 611. The summed E-state index contributed by atoms with van der Waals surface area (Å²) in [5, 5.41) is 2.93. The molecule has 128 valence electrons. The summed E-state index contributed by atoms with van der Waals surface area (Å²) in [5.74, 6) is -0.00119. The predicted molar refractivity (Wildman–Crippen MR) is 89.5 cm³/mol. The molecule has 1 aliphatic heterocycles. The first kappa shape index (κ1) is 17.9. The van der Waals surface area contributed by atoms with Crippen LogP contribution in [-0.4, -0.2) is 62.3 Å². The summed E-state index contributed by atoms with van der Waals surface area (Å²) >= 11 is 0. The van der Waals surface area contributed by atoms with Gasteiger partial charge in [-0.2, -0.15) is 4.31 Å². The zero-order valence-electron chi connectivity index (χ0n) is 13.7. The fourth-order valence-corrected chi connectivity index (χ4v) is 3.94. The van der Waals surface area contributed by atoms with Crippen molar-refractivity contribution in [2.75, 3.05) is 32.7 Å². The molecule has 23 heavy (non-hydrogen) atoms. The summed E-state index contributed by atoms with van der Waals surface area (Å²) in [6, 6.07) is 8.64. The van der Waals surface area contributed by atoms with Crippen molar-refractivity contribution >= 4 is 15.9 Å². The maximum absolute atomic E-state index is 12.5. The van der Waals surface area contributed by atoms with Crippen molar-refractivity contribution in [2.45, 2.75) is 31.2 Å². The molecule has 7 heteroatoms. The topological polar surface area (TPSA) is 69.7 Å². The van der Waals surface area contributed by atoms with Crippen molar-refractivity contribution < 1.29 is 13.2 Å². The van der Waals surface area contributed by atoms with Gasteiger partial charge in [-0.1, -0.05) is 25.1 Å². The van der Waals surface area contributed by atoms with Crippen LogP contribution in [-0.2, 0) is 14.8 Å². The molecule has 0 aromatic heterocycles. The molecule has 0 saturated carbocycles. The predicted octanol–water partition coefficient (Wildman–Crippen LogP) is 0.908. The van der Waals surface area contributed by atoms with Gasteiger partial charge in [-0.15, -0.1) is 0 Å². The van der Waals surface area contributed by atoms with Crippen molar-refractivity contribution in [3.63, 3.8) is 0 Å². The Hall–Kier alpha value is -1.44. The van der Waals surface area contributed by atoms with Crippen LogP contribution in [0.1, 0.15) is 20.3 Å². The maximum Gasteiger partial charge on any atom is 0.243 e. The van der Waals surface area contributed by atoms with E-state index in [1.807, 2.05) is 18.7 Å². The van der Waals surface area contributed by atoms with Crippen LogP contribution in [0.4, 0.5) is 0 Å². The first-order valence-corrected chi connectivity index (χ1v) is 9.44. The first-order valence-electron chi connectivity index (χ1n) is 8.00. The van der Waals surface area contributed by atoms with E-state index < -0.39 is 10.0 Å². The van der Waals surface area contributed by atoms with Gasteiger partial charge in [0.25, 0.3) is 0 Å². The van der Waals surface area contributed by atoms with E-state index in [1.54, 1.807) is 30.3 Å². The van der Waals surface area contributed by atoms with Crippen molar-refractivity contribution in [2.24, 2.45) is 0 Å². The molecule has 1 aliphatic rings. The quantitative estimate of drug-likeness (QED) is 0.836. The van der Waals surface area contributed by atoms with Gasteiger partial charge < -0.3 is 5.32 Å². The van der Waals surface area contributed by atoms with Gasteiger partial charge in [-0.3, -0.25) is 9.69 Å². The van der Waals surface area contributed by atoms with Crippen LogP contribution >= 0.6 is 0 Å². The van der Waals surface area contributed by atoms with Crippen molar-refractivity contribution in [1.29, 1.82) is 0 Å². The molecule has 1 aromatic rings. The van der Waals surface area contributed by atoms with E-state index in [2.05, 4.69) is 5.32 Å². The SMILES string of the molecule is CC[C@@H](C)NC(=O)CN1CCN(S(=O)(=O)c2ccccc2)CC1. The van der Waals surface area contributed by atoms with Gasteiger partial charge in [0.2, 0.25) is 15.9 Å². The molecular weight excluding hydrogens is 314 g/mol. The Morgan fingerprint density at radius 1 is 1.17 bits per heavy atom. The zero-order chi connectivity index (χ0) is 16.9. The highest BCUT2D eigenvalue weighted by Gasteiger charge is 2.28. The molecule has 1 amide bonds. The minimum atomic E-state index is -3.43. The first-order chi connectivity index (χ1) is 10.9. The molecule has 1 atom stereocenters. The molecular formula is C16H25N3O3S. The zero-order valence-corrected chi connectivity index (χ0v) is 14.6. The Balaban J connectivity index is 1.88. The second-order valence-electron chi connectivity index (χ2n) is 5.87. The summed E-state index contributed by atoms with van der Waals surface area (Å²) in [6.07, 6.45) is 0.898. The van der Waals surface area contributed by atoms with Gasteiger partial charge >= 0.3 is 0 Å². The number of hydrogen-bond donors (Lipinski definition) is 1. The van der Waals surface area contributed by atoms with Crippen LogP contribution in [0.5, 0.6) is 0 Å². The molecule has 0 aliphatic carbocycles. The molecule has 1 saturated heterocycles. The van der Waals surface area contributed by atoms with Crippen molar-refractivity contribution in [1.82, 2.24) is 14.5 Å². The molecule has 0 radical (unpaired) electrons. The summed E-state index contributed by atoms with van der Waals surface area (Å²) in [4.78, 5) is 14.2. The lowest BCUT2D eigenvalue weighted by atomic mass is 10.2. The Kier molecular flexibility index (Phi) is 6.15. The van der Waals surface area contributed by atoms with E-state index in [0.29, 0.717) is 37.6 Å². The van der Waals surface area contributed by atoms with Crippen LogP contribution < -0.4 is 5.32 Å². The van der Waals surface area contributed by atoms with E-state index in [-0.39, 0.29) is 11.9 Å². The fourth-order valence-electron chi connectivity index (χ4n) is 2.50. The normalized spacial score (nSPS) is 18.5. The molecule has 0 unspecified atom stereocenters. The van der Waals surface area contributed by atoms with Gasteiger partial charge in [-0.25, -0.2) is 8.42 Å². The van der Waals surface area contributed by atoms with Crippen molar-refractivity contribution in [3.05, 3.63) is 30.3 Å². The number of carbonyl (C=O) groups is 1. The fraction of sp³-hybridized carbons (Fsp3) is 0.562. The lowest BCUT2D eigenvalue weighted by Crippen LogP contribution is -2.51. The summed E-state index contributed by atoms with van der Waals surface area (Å²) in [5.41, 5.74) is 0. The maximum atomic E-state index is 12.5. The molecule has 1 fully saturated rings. The smallest absolute Gasteiger partial charge is 0.243 e. The van der Waals surface area contributed by atoms with Gasteiger partial charge in [0.15, 0.2) is 0 Å². The Morgan fingerprint density at radius 3 is 2.35 bits per heavy atom. The summed E-state index contributed by atoms with van der Waals surface area (Å²) < 4.78 is 26.5. The van der Waals surface area contributed by atoms with Gasteiger partial charge in [0.1, 0.15) is 0 Å². The van der Waals surface area contributed by atoms with Crippen LogP contribution in [0.25, 0.3) is 0 Å². The average molecular weight is 339 g/mol. The van der Waals surface area contributed by atoms with E-state index >= 15 is 0 Å². The van der Waals surface area contributed by atoms with Crippen molar-refractivity contribution in [3.8, 4) is 0 Å². The number of hydrogen-bond acceptors (Lipinski definition) is 4. The molecule has 2 rings (SSSR count). The minimum Gasteiger partial charge on any atom is -0.353 e. The largest absolute Gasteiger partial charge is 0.353 e. The number of piperazine rings is 1. The molecule has 1 N–H and O–H groups in total. The van der Waals surface area contributed by atoms with Gasteiger partial charge in [0, 0.05) is 32.2 Å². The molecule has 6 nitrogen and oxygen atoms in total. The molecule has 1 heterocycles. The lowest BCUT2D eigenvalue weighted by Gasteiger charge is -2.33. The number of rotatable bonds is 6. The number of sulfonamides is 1. The van der Waals surface area contributed by atoms with E-state index in [0.717, 1.165) is 6.42 Å². The number of nitrogens with one attached hydrogen (secondary N) is 1. The molecule has 1 aromatic carbocycles. The summed E-state index contributed by atoms with van der Waals surface area (Å²) in [6.45, 7) is 6.28. The highest BCUT2D eigenvalue weighted by atomic mass is 32.2. The van der Waals surface area contributed by atoms with Gasteiger partial charge in [0.05, 0.1) is 11.4 Å². The lowest BCUT2D eigenvalue weighted by molar-refractivity contribution is -0.123. The molecule has 0 bridgehead atoms. The third kappa shape index (κ3) is 4.76. The summed E-state index contributed by atoms with van der Waals surface area (Å²) in [7, 11) is -3.43. The second kappa shape index (κ2) is 7.90. The van der Waals surface area contributed by atoms with E-state index in [4.69, 9.17) is 0 Å². The number of carbonyl (C=O) groups excluding carboxylic acids is 1. The number of amides is 1. The van der Waals surface area contributed by atoms with Crippen LogP contribution in [0.2, 0.25) is 0 Å². The number of nitrogens with zero attached hydrogens (tertiary/aromatic N) is 2. The molecule has 0 spiro atoms. The highest BCUT2D eigenvalue weighted by molar-refractivity contribution is 7.89.